The predicted molar refractivity (Wildman–Crippen MR) is 143 cm³/mol. The van der Waals surface area contributed by atoms with Crippen LogP contribution >= 0.6 is 11.6 Å². The Kier molecular flexibility index (Phi) is 7.50. The van der Waals surface area contributed by atoms with Gasteiger partial charge in [0.1, 0.15) is 36.8 Å². The topological polar surface area (TPSA) is 193 Å². The number of carbonyl (C=O) groups is 1. The number of nitrogens with one attached hydrogen (secondary N) is 2. The number of carbonyl (C=O) groups excluding carboxylic acids is 1. The lowest BCUT2D eigenvalue weighted by molar-refractivity contribution is -0.121. The molecule has 0 spiro atoms. The van der Waals surface area contributed by atoms with Crippen LogP contribution in [0.2, 0.25) is 0 Å². The number of nitrogens with zero attached hydrogens (tertiary/aromatic N) is 4. The lowest BCUT2D eigenvalue weighted by Crippen LogP contribution is -2.49. The summed E-state index contributed by atoms with van der Waals surface area (Å²) in [5.41, 5.74) is 1.69. The minimum atomic E-state index is -1.56. The summed E-state index contributed by atoms with van der Waals surface area (Å²) in [6, 6.07) is 4.69. The van der Waals surface area contributed by atoms with Gasteiger partial charge in [0, 0.05) is 17.2 Å². The summed E-state index contributed by atoms with van der Waals surface area (Å²) in [6.45, 7) is 0.226. The van der Waals surface area contributed by atoms with Crippen molar-refractivity contribution in [2.24, 2.45) is 0 Å². The molecule has 0 saturated carbocycles. The van der Waals surface area contributed by atoms with E-state index in [-0.39, 0.29) is 17.4 Å². The van der Waals surface area contributed by atoms with Crippen LogP contribution in [0.4, 0.5) is 5.82 Å². The third kappa shape index (κ3) is 5.09. The van der Waals surface area contributed by atoms with Gasteiger partial charge in [-0.3, -0.25) is 9.36 Å². The summed E-state index contributed by atoms with van der Waals surface area (Å²) in [5.74, 6) is 1.14. The van der Waals surface area contributed by atoms with Gasteiger partial charge in [-0.25, -0.2) is 15.0 Å². The number of allylic oxidation sites excluding steroid dienone is 2. The summed E-state index contributed by atoms with van der Waals surface area (Å²) in [6.07, 6.45) is -0.298. The fraction of sp³-hybridized carbons (Fsp3) is 0.385. The number of hydrogen-bond donors (Lipinski definition) is 6. The van der Waals surface area contributed by atoms with E-state index in [2.05, 4.69) is 25.6 Å². The fourth-order valence-corrected chi connectivity index (χ4v) is 5.19. The van der Waals surface area contributed by atoms with E-state index < -0.39 is 49.2 Å². The average Bonchev–Trinajstić information content (AvgIpc) is 3.69. The maximum Gasteiger partial charge on any atom is 0.250 e. The Morgan fingerprint density at radius 2 is 1.93 bits per heavy atom. The van der Waals surface area contributed by atoms with Crippen molar-refractivity contribution < 1.29 is 39.4 Å². The third-order valence-electron chi connectivity index (χ3n) is 7.21. The number of ether oxygens (including phenoxy) is 3. The highest BCUT2D eigenvalue weighted by Crippen LogP contribution is 2.34. The second-order valence-corrected chi connectivity index (χ2v) is 10.1. The molecule has 41 heavy (non-hydrogen) atoms. The van der Waals surface area contributed by atoms with Gasteiger partial charge in [0.05, 0.1) is 12.9 Å². The van der Waals surface area contributed by atoms with Crippen molar-refractivity contribution in [3.8, 4) is 11.5 Å². The molecule has 15 heteroatoms. The molecule has 1 amide bonds. The molecule has 6 N–H and O–H groups in total. The third-order valence-corrected chi connectivity index (χ3v) is 7.56. The number of imidazole rings is 1. The zero-order chi connectivity index (χ0) is 28.7. The predicted octanol–water partition coefficient (Wildman–Crippen LogP) is -0.271. The molecule has 6 rings (SSSR count). The van der Waals surface area contributed by atoms with Gasteiger partial charge < -0.3 is 45.3 Å². The van der Waals surface area contributed by atoms with E-state index in [9.17, 15) is 25.2 Å². The number of fused-ring (bicyclic) bond motifs is 2. The van der Waals surface area contributed by atoms with Gasteiger partial charge in [-0.05, 0) is 36.3 Å². The van der Waals surface area contributed by atoms with Gasteiger partial charge >= 0.3 is 0 Å². The molecular formula is C26H27ClN6O8. The molecule has 1 aliphatic carbocycles. The van der Waals surface area contributed by atoms with E-state index in [0.717, 1.165) is 5.56 Å². The molecule has 3 aromatic rings. The number of anilines is 1. The molecule has 14 nitrogen and oxygen atoms in total. The van der Waals surface area contributed by atoms with Gasteiger partial charge in [0.15, 0.2) is 34.7 Å². The van der Waals surface area contributed by atoms with Crippen LogP contribution in [0, 0.1) is 0 Å². The lowest BCUT2D eigenvalue weighted by atomic mass is 9.97. The molecule has 0 bridgehead atoms. The summed E-state index contributed by atoms with van der Waals surface area (Å²) >= 11 is 5.86. The number of aliphatic hydroxyl groups excluding tert-OH is 4. The highest BCUT2D eigenvalue weighted by Gasteiger charge is 2.46. The van der Waals surface area contributed by atoms with Crippen molar-refractivity contribution in [2.75, 3.05) is 25.3 Å². The highest BCUT2D eigenvalue weighted by molar-refractivity contribution is 6.30. The van der Waals surface area contributed by atoms with Crippen molar-refractivity contribution in [1.29, 1.82) is 0 Å². The second kappa shape index (κ2) is 11.2. The minimum Gasteiger partial charge on any atom is -0.454 e. The Balaban J connectivity index is 1.21. The van der Waals surface area contributed by atoms with Crippen molar-refractivity contribution >= 4 is 34.5 Å². The number of aromatic nitrogens is 4. The Bertz CT molecular complexity index is 1530. The van der Waals surface area contributed by atoms with Crippen molar-refractivity contribution in [3.63, 3.8) is 0 Å². The van der Waals surface area contributed by atoms with Crippen molar-refractivity contribution in [1.82, 2.24) is 24.8 Å². The number of halogens is 1. The van der Waals surface area contributed by atoms with Crippen LogP contribution in [0.15, 0.2) is 53.6 Å². The summed E-state index contributed by atoms with van der Waals surface area (Å²) < 4.78 is 18.2. The molecular weight excluding hydrogens is 560 g/mol. The van der Waals surface area contributed by atoms with Crippen LogP contribution < -0.4 is 20.1 Å². The standard InChI is InChI=1S/C26H27ClN6O8/c27-14-3-2-13(20(35)21(14)36)25(38)32-18-22(37)17(8-34)41-26(18)33-10-31-19-23(29-9-30-24(19)33)28-6-5-12-1-4-15-16(7-12)40-11-39-15/h1-4,7,9-10,17-18,20-22,26,34-37H,5-6,8,11H2,(H,32,38)(H,28,29,30)/t17-,18-,20?,21?,22-,26-/m1/s1. The van der Waals surface area contributed by atoms with Crippen molar-refractivity contribution in [3.05, 3.63) is 59.2 Å². The number of amides is 1. The largest absolute Gasteiger partial charge is 0.454 e. The molecule has 3 aliphatic rings. The molecule has 2 unspecified atom stereocenters. The molecule has 1 fully saturated rings. The van der Waals surface area contributed by atoms with Gasteiger partial charge in [-0.15, -0.1) is 0 Å². The van der Waals surface area contributed by atoms with E-state index >= 15 is 0 Å². The van der Waals surface area contributed by atoms with Crippen LogP contribution in [0.3, 0.4) is 0 Å². The molecule has 2 aliphatic heterocycles. The summed E-state index contributed by atoms with van der Waals surface area (Å²) in [5, 5.41) is 46.9. The number of hydrogen-bond acceptors (Lipinski definition) is 12. The summed E-state index contributed by atoms with van der Waals surface area (Å²) in [4.78, 5) is 26.2. The van der Waals surface area contributed by atoms with Gasteiger partial charge in [-0.1, -0.05) is 17.7 Å². The summed E-state index contributed by atoms with van der Waals surface area (Å²) in [7, 11) is 0. The molecule has 1 aromatic carbocycles. The Morgan fingerprint density at radius 3 is 2.76 bits per heavy atom. The first-order valence-corrected chi connectivity index (χ1v) is 13.2. The Morgan fingerprint density at radius 1 is 1.10 bits per heavy atom. The fourth-order valence-electron chi connectivity index (χ4n) is 5.01. The SMILES string of the molecule is O=C(N[C@@H]1[C@H](O)[C@@H](CO)O[C@H]1n1cnc2c(NCCc3ccc4c(c3)OCO4)ncnc21)C1=CC=C(Cl)C(O)C1O. The van der Waals surface area contributed by atoms with E-state index in [4.69, 9.17) is 25.8 Å². The van der Waals surface area contributed by atoms with Crippen LogP contribution in [-0.4, -0.2) is 96.3 Å². The van der Waals surface area contributed by atoms with E-state index in [1.165, 1.54) is 29.4 Å². The second-order valence-electron chi connectivity index (χ2n) is 9.71. The van der Waals surface area contributed by atoms with Gasteiger partial charge in [0.25, 0.3) is 0 Å². The van der Waals surface area contributed by atoms with E-state index in [1.807, 2.05) is 18.2 Å². The van der Waals surface area contributed by atoms with Crippen LogP contribution in [0.5, 0.6) is 11.5 Å². The van der Waals surface area contributed by atoms with Crippen molar-refractivity contribution in [2.45, 2.75) is 43.1 Å². The maximum absolute atomic E-state index is 13.1. The number of aliphatic hydroxyl groups is 4. The molecule has 1 saturated heterocycles. The van der Waals surface area contributed by atoms with Gasteiger partial charge in [-0.2, -0.15) is 0 Å². The Labute approximate surface area is 237 Å². The molecule has 6 atom stereocenters. The maximum atomic E-state index is 13.1. The van der Waals surface area contributed by atoms with E-state index in [1.54, 1.807) is 0 Å². The Hall–Kier alpha value is -3.79. The average molecular weight is 587 g/mol. The molecule has 216 valence electrons. The van der Waals surface area contributed by atoms with Crippen LogP contribution in [-0.2, 0) is 16.0 Å². The molecule has 4 heterocycles. The van der Waals surface area contributed by atoms with Gasteiger partial charge in [0.2, 0.25) is 12.7 Å². The smallest absolute Gasteiger partial charge is 0.250 e. The van der Waals surface area contributed by atoms with Crippen LogP contribution in [0.1, 0.15) is 11.8 Å². The first-order valence-electron chi connectivity index (χ1n) is 12.8. The first-order chi connectivity index (χ1) is 19.9. The van der Waals surface area contributed by atoms with Crippen LogP contribution in [0.25, 0.3) is 11.2 Å². The number of rotatable bonds is 8. The molecule has 2 aromatic heterocycles. The van der Waals surface area contributed by atoms with E-state index in [0.29, 0.717) is 41.4 Å². The minimum absolute atomic E-state index is 0.0126. The monoisotopic (exact) mass is 586 g/mol. The highest BCUT2D eigenvalue weighted by atomic mass is 35.5. The zero-order valence-electron chi connectivity index (χ0n) is 21.4. The first kappa shape index (κ1) is 27.4. The number of benzene rings is 1. The quantitative estimate of drug-likeness (QED) is 0.203. The normalized spacial score (nSPS) is 27.0. The molecule has 0 radical (unpaired) electrons. The lowest BCUT2D eigenvalue weighted by Gasteiger charge is -2.27. The zero-order valence-corrected chi connectivity index (χ0v) is 22.2.